The fourth-order valence-corrected chi connectivity index (χ4v) is 1.65. The molecule has 1 aromatic heterocycles. The summed E-state index contributed by atoms with van der Waals surface area (Å²) in [5.74, 6) is 0.177. The standard InChI is InChI=1S/C14H14N2O3/c1-9-4-3-5-11(6-9)19-8-13-15-7-12(14(17)18)10(2)16-13/h3-7H,8H2,1-2H3,(H,17,18). The molecule has 1 heterocycles. The quantitative estimate of drug-likeness (QED) is 0.911. The van der Waals surface area contributed by atoms with Crippen molar-refractivity contribution in [3.05, 3.63) is 53.1 Å². The average Bonchev–Trinajstić information content (AvgIpc) is 2.36. The Balaban J connectivity index is 2.08. The van der Waals surface area contributed by atoms with E-state index in [1.165, 1.54) is 6.20 Å². The molecule has 0 aliphatic heterocycles. The van der Waals surface area contributed by atoms with E-state index in [2.05, 4.69) is 9.97 Å². The van der Waals surface area contributed by atoms with Crippen LogP contribution in [0.2, 0.25) is 0 Å². The van der Waals surface area contributed by atoms with Crippen molar-refractivity contribution in [1.29, 1.82) is 0 Å². The predicted molar refractivity (Wildman–Crippen MR) is 69.2 cm³/mol. The lowest BCUT2D eigenvalue weighted by Gasteiger charge is -2.07. The fourth-order valence-electron chi connectivity index (χ4n) is 1.65. The number of ether oxygens (including phenoxy) is 1. The highest BCUT2D eigenvalue weighted by Gasteiger charge is 2.10. The number of benzene rings is 1. The monoisotopic (exact) mass is 258 g/mol. The van der Waals surface area contributed by atoms with Gasteiger partial charge in [0.2, 0.25) is 0 Å². The topological polar surface area (TPSA) is 72.3 Å². The summed E-state index contributed by atoms with van der Waals surface area (Å²) in [6.45, 7) is 3.83. The fraction of sp³-hybridized carbons (Fsp3) is 0.214. The van der Waals surface area contributed by atoms with Gasteiger partial charge in [0.1, 0.15) is 12.4 Å². The number of carboxylic acids is 1. The number of aromatic nitrogens is 2. The van der Waals surface area contributed by atoms with E-state index in [9.17, 15) is 4.79 Å². The van der Waals surface area contributed by atoms with E-state index in [1.807, 2.05) is 31.2 Å². The SMILES string of the molecule is Cc1cccc(OCc2ncc(C(=O)O)c(C)n2)c1. The van der Waals surface area contributed by atoms with Crippen LogP contribution in [0.15, 0.2) is 30.5 Å². The van der Waals surface area contributed by atoms with Gasteiger partial charge in [-0.15, -0.1) is 0 Å². The summed E-state index contributed by atoms with van der Waals surface area (Å²) in [5.41, 5.74) is 1.65. The molecule has 5 nitrogen and oxygen atoms in total. The van der Waals surface area contributed by atoms with E-state index in [-0.39, 0.29) is 12.2 Å². The molecule has 2 rings (SSSR count). The summed E-state index contributed by atoms with van der Waals surface area (Å²) >= 11 is 0. The highest BCUT2D eigenvalue weighted by atomic mass is 16.5. The van der Waals surface area contributed by atoms with E-state index in [0.717, 1.165) is 11.3 Å². The van der Waals surface area contributed by atoms with Crippen molar-refractivity contribution in [1.82, 2.24) is 9.97 Å². The van der Waals surface area contributed by atoms with Crippen LogP contribution in [0.3, 0.4) is 0 Å². The Kier molecular flexibility index (Phi) is 3.75. The molecule has 0 spiro atoms. The van der Waals surface area contributed by atoms with Crippen LogP contribution < -0.4 is 4.74 Å². The Hall–Kier alpha value is -2.43. The van der Waals surface area contributed by atoms with E-state index in [0.29, 0.717) is 11.5 Å². The molecule has 5 heteroatoms. The molecule has 98 valence electrons. The highest BCUT2D eigenvalue weighted by Crippen LogP contribution is 2.14. The van der Waals surface area contributed by atoms with Crippen molar-refractivity contribution in [2.45, 2.75) is 20.5 Å². The lowest BCUT2D eigenvalue weighted by molar-refractivity contribution is 0.0695. The van der Waals surface area contributed by atoms with Crippen molar-refractivity contribution >= 4 is 5.97 Å². The molecule has 0 aliphatic rings. The number of aromatic carboxylic acids is 1. The third kappa shape index (κ3) is 3.28. The van der Waals surface area contributed by atoms with Gasteiger partial charge in [0, 0.05) is 6.20 Å². The van der Waals surface area contributed by atoms with Gasteiger partial charge in [-0.3, -0.25) is 0 Å². The molecular formula is C14H14N2O3. The summed E-state index contributed by atoms with van der Waals surface area (Å²) in [6, 6.07) is 7.66. The number of aryl methyl sites for hydroxylation is 2. The second-order valence-electron chi connectivity index (χ2n) is 4.20. The maximum atomic E-state index is 10.8. The first-order valence-electron chi connectivity index (χ1n) is 5.81. The number of hydrogen-bond acceptors (Lipinski definition) is 4. The molecule has 0 aliphatic carbocycles. The van der Waals surface area contributed by atoms with Gasteiger partial charge in [-0.1, -0.05) is 12.1 Å². The number of nitrogens with zero attached hydrogens (tertiary/aromatic N) is 2. The smallest absolute Gasteiger partial charge is 0.339 e. The van der Waals surface area contributed by atoms with Crippen LogP contribution >= 0.6 is 0 Å². The zero-order valence-electron chi connectivity index (χ0n) is 10.8. The Morgan fingerprint density at radius 2 is 2.16 bits per heavy atom. The molecule has 2 aromatic rings. The largest absolute Gasteiger partial charge is 0.486 e. The van der Waals surface area contributed by atoms with Crippen LogP contribution in [0, 0.1) is 13.8 Å². The van der Waals surface area contributed by atoms with Crippen molar-refractivity contribution in [2.75, 3.05) is 0 Å². The van der Waals surface area contributed by atoms with Crippen LogP contribution in [0.1, 0.15) is 27.4 Å². The number of carboxylic acid groups (broad SMARTS) is 1. The van der Waals surface area contributed by atoms with Crippen LogP contribution in [0.4, 0.5) is 0 Å². The molecule has 0 saturated carbocycles. The highest BCUT2D eigenvalue weighted by molar-refractivity contribution is 5.88. The van der Waals surface area contributed by atoms with Crippen molar-refractivity contribution in [3.63, 3.8) is 0 Å². The number of rotatable bonds is 4. The Morgan fingerprint density at radius 1 is 1.37 bits per heavy atom. The normalized spacial score (nSPS) is 10.2. The molecule has 0 unspecified atom stereocenters. The lowest BCUT2D eigenvalue weighted by Crippen LogP contribution is -2.08. The maximum absolute atomic E-state index is 10.8. The third-order valence-electron chi connectivity index (χ3n) is 2.62. The molecule has 0 saturated heterocycles. The summed E-state index contributed by atoms with van der Waals surface area (Å²) < 4.78 is 5.56. The van der Waals surface area contributed by atoms with E-state index >= 15 is 0 Å². The van der Waals surface area contributed by atoms with Gasteiger partial charge >= 0.3 is 5.97 Å². The Morgan fingerprint density at radius 3 is 2.79 bits per heavy atom. The molecule has 1 aromatic carbocycles. The van der Waals surface area contributed by atoms with Crippen LogP contribution in [0.5, 0.6) is 5.75 Å². The first-order valence-corrected chi connectivity index (χ1v) is 5.81. The van der Waals surface area contributed by atoms with Gasteiger partial charge < -0.3 is 9.84 Å². The lowest BCUT2D eigenvalue weighted by atomic mass is 10.2. The summed E-state index contributed by atoms with van der Waals surface area (Å²) in [6.07, 6.45) is 1.31. The Bertz CT molecular complexity index is 611. The minimum absolute atomic E-state index is 0.110. The predicted octanol–water partition coefficient (Wildman–Crippen LogP) is 2.37. The summed E-state index contributed by atoms with van der Waals surface area (Å²) in [4.78, 5) is 18.9. The maximum Gasteiger partial charge on any atom is 0.339 e. The molecule has 0 fully saturated rings. The van der Waals surface area contributed by atoms with E-state index in [1.54, 1.807) is 6.92 Å². The van der Waals surface area contributed by atoms with Gasteiger partial charge in [0.05, 0.1) is 11.3 Å². The van der Waals surface area contributed by atoms with Crippen molar-refractivity contribution in [2.24, 2.45) is 0 Å². The first-order chi connectivity index (χ1) is 9.06. The minimum atomic E-state index is -1.02. The average molecular weight is 258 g/mol. The summed E-state index contributed by atoms with van der Waals surface area (Å²) in [5, 5.41) is 8.88. The Labute approximate surface area is 110 Å². The van der Waals surface area contributed by atoms with Gasteiger partial charge in [-0.25, -0.2) is 14.8 Å². The van der Waals surface area contributed by atoms with Gasteiger partial charge in [-0.05, 0) is 31.5 Å². The zero-order valence-corrected chi connectivity index (χ0v) is 10.8. The van der Waals surface area contributed by atoms with E-state index in [4.69, 9.17) is 9.84 Å². The molecule has 19 heavy (non-hydrogen) atoms. The molecule has 0 bridgehead atoms. The second kappa shape index (κ2) is 5.48. The van der Waals surface area contributed by atoms with Gasteiger partial charge in [-0.2, -0.15) is 0 Å². The van der Waals surface area contributed by atoms with E-state index < -0.39 is 5.97 Å². The van der Waals surface area contributed by atoms with Crippen LogP contribution in [0.25, 0.3) is 0 Å². The molecule has 0 atom stereocenters. The second-order valence-corrected chi connectivity index (χ2v) is 4.20. The summed E-state index contributed by atoms with van der Waals surface area (Å²) in [7, 11) is 0. The number of hydrogen-bond donors (Lipinski definition) is 1. The van der Waals surface area contributed by atoms with Gasteiger partial charge in [0.25, 0.3) is 0 Å². The molecule has 0 amide bonds. The minimum Gasteiger partial charge on any atom is -0.486 e. The third-order valence-corrected chi connectivity index (χ3v) is 2.62. The van der Waals surface area contributed by atoms with Gasteiger partial charge in [0.15, 0.2) is 5.82 Å². The first kappa shape index (κ1) is 13.0. The van der Waals surface area contributed by atoms with Crippen molar-refractivity contribution in [3.8, 4) is 5.75 Å². The van der Waals surface area contributed by atoms with Crippen LogP contribution in [-0.4, -0.2) is 21.0 Å². The van der Waals surface area contributed by atoms with Crippen LogP contribution in [-0.2, 0) is 6.61 Å². The molecular weight excluding hydrogens is 244 g/mol. The number of carbonyl (C=O) groups is 1. The zero-order chi connectivity index (χ0) is 13.8. The molecule has 1 N–H and O–H groups in total. The van der Waals surface area contributed by atoms with Crippen molar-refractivity contribution < 1.29 is 14.6 Å². The molecule has 0 radical (unpaired) electrons.